The number of likely N-dealkylation sites (tertiary alicyclic amines) is 1. The largest absolute Gasteiger partial charge is 0.465 e. The first kappa shape index (κ1) is 24.0. The van der Waals surface area contributed by atoms with Crippen LogP contribution in [0.4, 0.5) is 14.0 Å². The van der Waals surface area contributed by atoms with Gasteiger partial charge in [-0.25, -0.2) is 14.0 Å². The molecule has 7 heteroatoms. The molecule has 6 nitrogen and oxygen atoms in total. The van der Waals surface area contributed by atoms with Gasteiger partial charge in [-0.2, -0.15) is 0 Å². The number of hydrogen-bond donors (Lipinski definition) is 1. The maximum Gasteiger partial charge on any atom is 0.410 e. The molecule has 1 N–H and O–H groups in total. The first-order valence-electron chi connectivity index (χ1n) is 11.7. The monoisotopic (exact) mass is 468 g/mol. The van der Waals surface area contributed by atoms with Gasteiger partial charge < -0.3 is 14.7 Å². The smallest absolute Gasteiger partial charge is 0.410 e. The summed E-state index contributed by atoms with van der Waals surface area (Å²) in [5, 5.41) is 10.4. The lowest BCUT2D eigenvalue weighted by molar-refractivity contribution is 0.0202. The first-order valence-corrected chi connectivity index (χ1v) is 11.7. The molecule has 0 spiro atoms. The quantitative estimate of drug-likeness (QED) is 0.632. The van der Waals surface area contributed by atoms with Crippen molar-refractivity contribution in [1.29, 1.82) is 0 Å². The first-order chi connectivity index (χ1) is 15.9. The molecule has 1 unspecified atom stereocenters. The fourth-order valence-electron chi connectivity index (χ4n) is 5.80. The zero-order valence-electron chi connectivity index (χ0n) is 20.5. The molecule has 2 aliphatic heterocycles. The fourth-order valence-corrected chi connectivity index (χ4v) is 5.80. The molecule has 2 aromatic carbocycles. The molecule has 0 radical (unpaired) electrons. The lowest BCUT2D eigenvalue weighted by atomic mass is 9.61. The minimum Gasteiger partial charge on any atom is -0.465 e. The van der Waals surface area contributed by atoms with Gasteiger partial charge in [-0.3, -0.25) is 4.90 Å². The highest BCUT2D eigenvalue weighted by Gasteiger charge is 2.60. The van der Waals surface area contributed by atoms with Gasteiger partial charge in [0, 0.05) is 25.6 Å². The zero-order chi connectivity index (χ0) is 24.9. The number of rotatable bonds is 2. The number of ether oxygens (including phenoxy) is 1. The minimum atomic E-state index is -1.09. The van der Waals surface area contributed by atoms with E-state index in [9.17, 15) is 19.1 Å². The molecule has 34 heavy (non-hydrogen) atoms. The van der Waals surface area contributed by atoms with Crippen LogP contribution < -0.4 is 0 Å². The number of amides is 2. The number of benzene rings is 2. The van der Waals surface area contributed by atoms with E-state index in [1.165, 1.54) is 17.0 Å². The third-order valence-electron chi connectivity index (χ3n) is 7.07. The summed E-state index contributed by atoms with van der Waals surface area (Å²) < 4.78 is 19.6. The standard InChI is InChI=1S/C27H33FN2O4/c1-25(2,3)34-24(33)29-16-22(26(4,5)17-29)27(19-10-12-20(28)13-11-19)21-9-7-6-8-18(21)14-15-30(27)23(31)32/h6-13,22H,14-17H2,1-5H3,(H,31,32)/t22?,27-/m0/s1. The second-order valence-electron chi connectivity index (χ2n) is 11.0. The summed E-state index contributed by atoms with van der Waals surface area (Å²) in [6.45, 7) is 10.6. The molecule has 2 amide bonds. The van der Waals surface area contributed by atoms with Crippen LogP contribution in [-0.2, 0) is 16.7 Å². The van der Waals surface area contributed by atoms with Crippen LogP contribution in [0, 0.1) is 17.2 Å². The maximum atomic E-state index is 14.0. The van der Waals surface area contributed by atoms with Gasteiger partial charge in [-0.15, -0.1) is 0 Å². The Morgan fingerprint density at radius 2 is 1.74 bits per heavy atom. The van der Waals surface area contributed by atoms with Gasteiger partial charge in [0.15, 0.2) is 0 Å². The molecule has 1 fully saturated rings. The molecular formula is C27H33FN2O4. The molecule has 2 aliphatic rings. The Morgan fingerprint density at radius 3 is 2.35 bits per heavy atom. The average Bonchev–Trinajstić information content (AvgIpc) is 3.07. The number of hydrogen-bond acceptors (Lipinski definition) is 3. The average molecular weight is 469 g/mol. The second-order valence-corrected chi connectivity index (χ2v) is 11.0. The van der Waals surface area contributed by atoms with Crippen molar-refractivity contribution in [1.82, 2.24) is 9.80 Å². The van der Waals surface area contributed by atoms with E-state index in [1.807, 2.05) is 45.0 Å². The van der Waals surface area contributed by atoms with Crippen molar-refractivity contribution in [3.8, 4) is 0 Å². The molecule has 2 aromatic rings. The highest BCUT2D eigenvalue weighted by Crippen LogP contribution is 2.55. The number of halogens is 1. The molecule has 0 bridgehead atoms. The van der Waals surface area contributed by atoms with Crippen molar-refractivity contribution in [2.45, 2.75) is 52.2 Å². The summed E-state index contributed by atoms with van der Waals surface area (Å²) in [5.74, 6) is -0.679. The number of nitrogens with zero attached hydrogens (tertiary/aromatic N) is 2. The van der Waals surface area contributed by atoms with Crippen LogP contribution >= 0.6 is 0 Å². The van der Waals surface area contributed by atoms with Crippen molar-refractivity contribution in [2.24, 2.45) is 11.3 Å². The van der Waals surface area contributed by atoms with E-state index in [0.29, 0.717) is 31.6 Å². The molecule has 4 rings (SSSR count). The fraction of sp³-hybridized carbons (Fsp3) is 0.481. The molecule has 0 saturated carbocycles. The Morgan fingerprint density at radius 1 is 1.09 bits per heavy atom. The normalized spacial score (nSPS) is 24.0. The number of fused-ring (bicyclic) bond motifs is 1. The topological polar surface area (TPSA) is 70.1 Å². The Hall–Kier alpha value is -3.09. The molecule has 0 aromatic heterocycles. The molecule has 2 heterocycles. The summed E-state index contributed by atoms with van der Waals surface area (Å²) in [5.41, 5.74) is 0.471. The van der Waals surface area contributed by atoms with Crippen LogP contribution in [0.3, 0.4) is 0 Å². The SMILES string of the molecule is CC(C)(C)OC(=O)N1CC([C@]2(c3ccc(F)cc3)c3ccccc3CCN2C(=O)O)C(C)(C)C1. The van der Waals surface area contributed by atoms with Crippen molar-refractivity contribution in [2.75, 3.05) is 19.6 Å². The highest BCUT2D eigenvalue weighted by molar-refractivity contribution is 5.71. The number of carbonyl (C=O) groups excluding carboxylic acids is 1. The van der Waals surface area contributed by atoms with Crippen LogP contribution in [0.2, 0.25) is 0 Å². The van der Waals surface area contributed by atoms with E-state index in [2.05, 4.69) is 13.8 Å². The third-order valence-corrected chi connectivity index (χ3v) is 7.07. The third kappa shape index (κ3) is 4.01. The van der Waals surface area contributed by atoms with Crippen LogP contribution in [0.15, 0.2) is 48.5 Å². The van der Waals surface area contributed by atoms with Gasteiger partial charge >= 0.3 is 12.2 Å². The van der Waals surface area contributed by atoms with Gasteiger partial charge in [-0.1, -0.05) is 50.2 Å². The predicted molar refractivity (Wildman–Crippen MR) is 127 cm³/mol. The molecule has 1 saturated heterocycles. The summed E-state index contributed by atoms with van der Waals surface area (Å²) in [6, 6.07) is 14.0. The van der Waals surface area contributed by atoms with E-state index in [-0.39, 0.29) is 11.7 Å². The summed E-state index contributed by atoms with van der Waals surface area (Å²) in [7, 11) is 0. The van der Waals surface area contributed by atoms with E-state index in [4.69, 9.17) is 4.74 Å². The number of carboxylic acid groups (broad SMARTS) is 1. The Bertz CT molecular complexity index is 1090. The van der Waals surface area contributed by atoms with Crippen LogP contribution in [0.1, 0.15) is 51.3 Å². The van der Waals surface area contributed by atoms with E-state index in [0.717, 1.165) is 11.1 Å². The van der Waals surface area contributed by atoms with Crippen molar-refractivity contribution in [3.05, 3.63) is 71.0 Å². The predicted octanol–water partition coefficient (Wildman–Crippen LogP) is 5.50. The summed E-state index contributed by atoms with van der Waals surface area (Å²) in [6.07, 6.45) is -0.859. The molecule has 182 valence electrons. The number of carbonyl (C=O) groups is 2. The molecular weight excluding hydrogens is 435 g/mol. The van der Waals surface area contributed by atoms with Gasteiger partial charge in [0.25, 0.3) is 0 Å². The van der Waals surface area contributed by atoms with Crippen LogP contribution in [-0.4, -0.2) is 52.3 Å². The Balaban J connectivity index is 1.93. The lowest BCUT2D eigenvalue weighted by Gasteiger charge is -2.53. The van der Waals surface area contributed by atoms with Crippen molar-refractivity contribution >= 4 is 12.2 Å². The Labute approximate surface area is 200 Å². The zero-order valence-corrected chi connectivity index (χ0v) is 20.5. The van der Waals surface area contributed by atoms with Crippen molar-refractivity contribution in [3.63, 3.8) is 0 Å². The second kappa shape index (κ2) is 8.29. The minimum absolute atomic E-state index is 0.296. The van der Waals surface area contributed by atoms with E-state index >= 15 is 0 Å². The van der Waals surface area contributed by atoms with Gasteiger partial charge in [-0.05, 0) is 61.4 Å². The lowest BCUT2D eigenvalue weighted by Crippen LogP contribution is -2.60. The van der Waals surface area contributed by atoms with E-state index in [1.54, 1.807) is 17.0 Å². The van der Waals surface area contributed by atoms with Gasteiger partial charge in [0.1, 0.15) is 17.0 Å². The van der Waals surface area contributed by atoms with Gasteiger partial charge in [0.05, 0.1) is 0 Å². The van der Waals surface area contributed by atoms with Gasteiger partial charge in [0.2, 0.25) is 0 Å². The Kier molecular flexibility index (Phi) is 5.86. The molecule has 2 atom stereocenters. The highest BCUT2D eigenvalue weighted by atomic mass is 19.1. The molecule has 0 aliphatic carbocycles. The summed E-state index contributed by atoms with van der Waals surface area (Å²) >= 11 is 0. The maximum absolute atomic E-state index is 14.0. The van der Waals surface area contributed by atoms with Crippen LogP contribution in [0.25, 0.3) is 0 Å². The van der Waals surface area contributed by atoms with Crippen molar-refractivity contribution < 1.29 is 23.8 Å². The van der Waals surface area contributed by atoms with E-state index < -0.39 is 28.7 Å². The van der Waals surface area contributed by atoms with Crippen LogP contribution in [0.5, 0.6) is 0 Å². The summed E-state index contributed by atoms with van der Waals surface area (Å²) in [4.78, 5) is 29.0.